The SMILES string of the molecule is O=C(Cc1ccc(-n2c(=O)[nH]c3cc4ccccc4cc3c2=O)cc1)NCc1cccc2ccccc12. The normalized spacial score (nSPS) is 11.2. The van der Waals surface area contributed by atoms with Crippen LogP contribution in [0.5, 0.6) is 0 Å². The Morgan fingerprint density at radius 3 is 2.19 bits per heavy atom. The van der Waals surface area contributed by atoms with Gasteiger partial charge in [-0.3, -0.25) is 9.59 Å². The molecular formula is C31H23N3O3. The fraction of sp³-hybridized carbons (Fsp3) is 0.0645. The van der Waals surface area contributed by atoms with Crippen molar-refractivity contribution in [1.82, 2.24) is 14.9 Å². The van der Waals surface area contributed by atoms with Crippen LogP contribution in [0.4, 0.5) is 0 Å². The molecular weight excluding hydrogens is 462 g/mol. The van der Waals surface area contributed by atoms with Crippen molar-refractivity contribution in [3.8, 4) is 5.69 Å². The van der Waals surface area contributed by atoms with Gasteiger partial charge in [0.15, 0.2) is 0 Å². The van der Waals surface area contributed by atoms with Crippen LogP contribution in [-0.4, -0.2) is 15.5 Å². The van der Waals surface area contributed by atoms with Crippen LogP contribution in [0.15, 0.2) is 113 Å². The van der Waals surface area contributed by atoms with Crippen LogP contribution in [0, 0.1) is 0 Å². The molecule has 1 heterocycles. The third kappa shape index (κ3) is 4.29. The Hall–Kier alpha value is -4.97. The molecule has 37 heavy (non-hydrogen) atoms. The number of H-pyrrole nitrogens is 1. The summed E-state index contributed by atoms with van der Waals surface area (Å²) in [6.07, 6.45) is 0.194. The van der Waals surface area contributed by atoms with Gasteiger partial charge < -0.3 is 10.3 Å². The highest BCUT2D eigenvalue weighted by Gasteiger charge is 2.12. The van der Waals surface area contributed by atoms with Crippen molar-refractivity contribution in [3.05, 3.63) is 135 Å². The van der Waals surface area contributed by atoms with Gasteiger partial charge >= 0.3 is 5.69 Å². The van der Waals surface area contributed by atoms with E-state index in [9.17, 15) is 14.4 Å². The fourth-order valence-corrected chi connectivity index (χ4v) is 4.79. The molecule has 0 aliphatic heterocycles. The van der Waals surface area contributed by atoms with E-state index in [-0.39, 0.29) is 17.9 Å². The van der Waals surface area contributed by atoms with Crippen molar-refractivity contribution in [1.29, 1.82) is 0 Å². The molecule has 0 saturated carbocycles. The summed E-state index contributed by atoms with van der Waals surface area (Å²) in [4.78, 5) is 41.5. The van der Waals surface area contributed by atoms with Crippen LogP contribution in [0.3, 0.4) is 0 Å². The van der Waals surface area contributed by atoms with E-state index < -0.39 is 5.69 Å². The molecule has 5 aromatic carbocycles. The second kappa shape index (κ2) is 9.24. The van der Waals surface area contributed by atoms with Gasteiger partial charge in [-0.15, -0.1) is 0 Å². The van der Waals surface area contributed by atoms with Gasteiger partial charge in [0.25, 0.3) is 5.56 Å². The van der Waals surface area contributed by atoms with E-state index in [0.717, 1.165) is 37.2 Å². The summed E-state index contributed by atoms with van der Waals surface area (Å²) in [7, 11) is 0. The Labute approximate surface area is 211 Å². The third-order valence-electron chi connectivity index (χ3n) is 6.68. The lowest BCUT2D eigenvalue weighted by atomic mass is 10.0. The third-order valence-corrected chi connectivity index (χ3v) is 6.68. The molecule has 6 rings (SSSR count). The number of fused-ring (bicyclic) bond motifs is 3. The fourth-order valence-electron chi connectivity index (χ4n) is 4.79. The molecule has 0 saturated heterocycles. The molecule has 6 nitrogen and oxygen atoms in total. The molecule has 6 aromatic rings. The topological polar surface area (TPSA) is 84.0 Å². The van der Waals surface area contributed by atoms with Gasteiger partial charge in [0.05, 0.1) is 23.0 Å². The molecule has 6 heteroatoms. The maximum atomic E-state index is 13.2. The van der Waals surface area contributed by atoms with Gasteiger partial charge in [0.2, 0.25) is 5.91 Å². The predicted octanol–water partition coefficient (Wildman–Crippen LogP) is 4.84. The molecule has 0 aliphatic rings. The molecule has 180 valence electrons. The lowest BCUT2D eigenvalue weighted by Crippen LogP contribution is -2.33. The van der Waals surface area contributed by atoms with Crippen molar-refractivity contribution in [2.24, 2.45) is 0 Å². The lowest BCUT2D eigenvalue weighted by molar-refractivity contribution is -0.120. The van der Waals surface area contributed by atoms with Crippen molar-refractivity contribution in [3.63, 3.8) is 0 Å². The molecule has 2 N–H and O–H groups in total. The highest BCUT2D eigenvalue weighted by atomic mass is 16.2. The number of amides is 1. The quantitative estimate of drug-likeness (QED) is 0.343. The number of aromatic nitrogens is 2. The first-order chi connectivity index (χ1) is 18.1. The van der Waals surface area contributed by atoms with Gasteiger partial charge in [-0.2, -0.15) is 0 Å². The molecule has 1 amide bonds. The Bertz CT molecular complexity index is 1910. The molecule has 0 fully saturated rings. The molecule has 0 bridgehead atoms. The zero-order chi connectivity index (χ0) is 25.4. The monoisotopic (exact) mass is 485 g/mol. The number of rotatable bonds is 5. The van der Waals surface area contributed by atoms with Gasteiger partial charge in [0, 0.05) is 6.54 Å². The second-order valence-corrected chi connectivity index (χ2v) is 9.07. The Kier molecular flexibility index (Phi) is 5.62. The first-order valence-corrected chi connectivity index (χ1v) is 12.1. The molecule has 0 atom stereocenters. The number of carbonyl (C=O) groups is 1. The van der Waals surface area contributed by atoms with Crippen molar-refractivity contribution in [2.45, 2.75) is 13.0 Å². The van der Waals surface area contributed by atoms with Crippen molar-refractivity contribution < 1.29 is 4.79 Å². The number of aromatic amines is 1. The van der Waals surface area contributed by atoms with Crippen molar-refractivity contribution in [2.75, 3.05) is 0 Å². The zero-order valence-electron chi connectivity index (χ0n) is 19.9. The van der Waals surface area contributed by atoms with E-state index in [1.54, 1.807) is 30.3 Å². The second-order valence-electron chi connectivity index (χ2n) is 9.07. The number of hydrogen-bond acceptors (Lipinski definition) is 3. The Balaban J connectivity index is 1.22. The van der Waals surface area contributed by atoms with E-state index in [4.69, 9.17) is 0 Å². The van der Waals surface area contributed by atoms with Crippen LogP contribution in [0.2, 0.25) is 0 Å². The molecule has 0 aliphatic carbocycles. The highest BCUT2D eigenvalue weighted by molar-refractivity contribution is 5.96. The number of hydrogen-bond donors (Lipinski definition) is 2. The summed E-state index contributed by atoms with van der Waals surface area (Å²) in [5.41, 5.74) is 1.91. The Morgan fingerprint density at radius 1 is 0.730 bits per heavy atom. The molecule has 0 spiro atoms. The molecule has 1 aromatic heterocycles. The predicted molar refractivity (Wildman–Crippen MR) is 147 cm³/mol. The minimum Gasteiger partial charge on any atom is -0.352 e. The van der Waals surface area contributed by atoms with Crippen LogP contribution >= 0.6 is 0 Å². The number of nitrogens with one attached hydrogen (secondary N) is 2. The summed E-state index contributed by atoms with van der Waals surface area (Å²) in [6.45, 7) is 0.439. The van der Waals surface area contributed by atoms with Crippen LogP contribution < -0.4 is 16.6 Å². The van der Waals surface area contributed by atoms with Crippen LogP contribution in [0.25, 0.3) is 38.1 Å². The first-order valence-electron chi connectivity index (χ1n) is 12.1. The van der Waals surface area contributed by atoms with E-state index in [2.05, 4.69) is 28.5 Å². The maximum absolute atomic E-state index is 13.2. The van der Waals surface area contributed by atoms with Gasteiger partial charge in [-0.1, -0.05) is 78.9 Å². The Morgan fingerprint density at radius 2 is 1.41 bits per heavy atom. The largest absolute Gasteiger partial charge is 0.352 e. The first kappa shape index (κ1) is 22.5. The van der Waals surface area contributed by atoms with E-state index in [0.29, 0.717) is 23.1 Å². The summed E-state index contributed by atoms with van der Waals surface area (Å²) in [6, 6.07) is 32.4. The van der Waals surface area contributed by atoms with Gasteiger partial charge in [-0.05, 0) is 56.9 Å². The maximum Gasteiger partial charge on any atom is 0.333 e. The summed E-state index contributed by atoms with van der Waals surface area (Å²) in [5, 5.41) is 7.56. The van der Waals surface area contributed by atoms with Gasteiger partial charge in [-0.25, -0.2) is 9.36 Å². The van der Waals surface area contributed by atoms with E-state index in [1.165, 1.54) is 0 Å². The van der Waals surface area contributed by atoms with Gasteiger partial charge in [0.1, 0.15) is 0 Å². The van der Waals surface area contributed by atoms with E-state index in [1.807, 2.05) is 54.6 Å². The summed E-state index contributed by atoms with van der Waals surface area (Å²) in [5.74, 6) is -0.103. The minimum absolute atomic E-state index is 0.103. The number of benzene rings is 5. The standard InChI is InChI=1S/C31H23N3O3/c35-29(32-19-24-10-5-9-21-6-3-4-11-26(21)24)16-20-12-14-25(15-13-20)34-30(36)27-17-22-7-1-2-8-23(22)18-28(27)33-31(34)37/h1-15,17-18H,16,19H2,(H,32,35)(H,33,37). The molecule has 0 radical (unpaired) electrons. The highest BCUT2D eigenvalue weighted by Crippen LogP contribution is 2.20. The summed E-state index contributed by atoms with van der Waals surface area (Å²) < 4.78 is 1.13. The van der Waals surface area contributed by atoms with E-state index >= 15 is 0 Å². The van der Waals surface area contributed by atoms with Crippen molar-refractivity contribution >= 4 is 38.4 Å². The minimum atomic E-state index is -0.506. The van der Waals surface area contributed by atoms with Crippen LogP contribution in [-0.2, 0) is 17.8 Å². The smallest absolute Gasteiger partial charge is 0.333 e. The zero-order valence-corrected chi connectivity index (χ0v) is 19.9. The average Bonchev–Trinajstić information content (AvgIpc) is 2.92. The lowest BCUT2D eigenvalue weighted by Gasteiger charge is -2.10. The average molecular weight is 486 g/mol. The number of nitrogens with zero attached hydrogens (tertiary/aromatic N) is 1. The van der Waals surface area contributed by atoms with Crippen LogP contribution in [0.1, 0.15) is 11.1 Å². The molecule has 0 unspecified atom stereocenters. The number of carbonyl (C=O) groups excluding carboxylic acids is 1. The summed E-state index contributed by atoms with van der Waals surface area (Å²) >= 11 is 0.